The lowest BCUT2D eigenvalue weighted by Gasteiger charge is -2.07. The first-order chi connectivity index (χ1) is 9.24. The van der Waals surface area contributed by atoms with E-state index in [0.29, 0.717) is 16.3 Å². The Morgan fingerprint density at radius 3 is 2.68 bits per heavy atom. The Bertz CT molecular complexity index is 734. The van der Waals surface area contributed by atoms with E-state index < -0.39 is 0 Å². The molecule has 0 unspecified atom stereocenters. The number of halogens is 1. The van der Waals surface area contributed by atoms with Crippen LogP contribution in [0.2, 0.25) is 5.02 Å². The standard InChI is InChI=1S/C15H11ClN2O/c16-11-8-13-12(6-7-17-13)14(9-11)18-15(19)10-4-2-1-3-5-10/h1-9,17H,(H,18,19). The maximum absolute atomic E-state index is 12.1. The van der Waals surface area contributed by atoms with Gasteiger partial charge < -0.3 is 10.3 Å². The Balaban J connectivity index is 1.97. The Labute approximate surface area is 115 Å². The number of hydrogen-bond acceptors (Lipinski definition) is 1. The lowest BCUT2D eigenvalue weighted by molar-refractivity contribution is 0.102. The van der Waals surface area contributed by atoms with E-state index in [2.05, 4.69) is 10.3 Å². The van der Waals surface area contributed by atoms with Crippen molar-refractivity contribution in [2.24, 2.45) is 0 Å². The summed E-state index contributed by atoms with van der Waals surface area (Å²) in [5.74, 6) is -0.148. The van der Waals surface area contributed by atoms with E-state index in [4.69, 9.17) is 11.6 Å². The molecular formula is C15H11ClN2O. The molecule has 2 aromatic carbocycles. The van der Waals surface area contributed by atoms with Crippen molar-refractivity contribution < 1.29 is 4.79 Å². The molecule has 0 spiro atoms. The lowest BCUT2D eigenvalue weighted by Crippen LogP contribution is -2.11. The summed E-state index contributed by atoms with van der Waals surface area (Å²) in [5, 5.41) is 4.41. The summed E-state index contributed by atoms with van der Waals surface area (Å²) in [6.45, 7) is 0. The van der Waals surface area contributed by atoms with Crippen LogP contribution >= 0.6 is 11.6 Å². The SMILES string of the molecule is O=C(Nc1cc(Cl)cc2[nH]ccc12)c1ccccc1. The number of amides is 1. The summed E-state index contributed by atoms with van der Waals surface area (Å²) in [5.41, 5.74) is 2.22. The van der Waals surface area contributed by atoms with Crippen LogP contribution in [0.1, 0.15) is 10.4 Å². The van der Waals surface area contributed by atoms with Crippen molar-refractivity contribution >= 4 is 34.1 Å². The second kappa shape index (κ2) is 4.78. The molecule has 1 amide bonds. The second-order valence-corrected chi connectivity index (χ2v) is 4.65. The molecule has 0 aliphatic heterocycles. The third-order valence-corrected chi connectivity index (χ3v) is 3.14. The number of carbonyl (C=O) groups is 1. The van der Waals surface area contributed by atoms with Gasteiger partial charge in [-0.05, 0) is 30.3 Å². The normalized spacial score (nSPS) is 10.6. The van der Waals surface area contributed by atoms with Gasteiger partial charge in [-0.3, -0.25) is 4.79 Å². The monoisotopic (exact) mass is 270 g/mol. The number of carbonyl (C=O) groups excluding carboxylic acids is 1. The van der Waals surface area contributed by atoms with Crippen LogP contribution in [0.3, 0.4) is 0 Å². The summed E-state index contributed by atoms with van der Waals surface area (Å²) in [7, 11) is 0. The van der Waals surface area contributed by atoms with Gasteiger partial charge in [0.1, 0.15) is 0 Å². The minimum Gasteiger partial charge on any atom is -0.361 e. The highest BCUT2D eigenvalue weighted by Gasteiger charge is 2.09. The van der Waals surface area contributed by atoms with Crippen LogP contribution in [-0.2, 0) is 0 Å². The van der Waals surface area contributed by atoms with E-state index in [1.165, 1.54) is 0 Å². The zero-order valence-electron chi connectivity index (χ0n) is 9.98. The predicted molar refractivity (Wildman–Crippen MR) is 77.7 cm³/mol. The van der Waals surface area contributed by atoms with Crippen molar-refractivity contribution in [1.82, 2.24) is 4.98 Å². The van der Waals surface area contributed by atoms with Crippen LogP contribution in [0.25, 0.3) is 10.9 Å². The van der Waals surface area contributed by atoms with E-state index >= 15 is 0 Å². The molecule has 0 aliphatic carbocycles. The molecule has 0 saturated carbocycles. The van der Waals surface area contributed by atoms with Gasteiger partial charge in [-0.1, -0.05) is 29.8 Å². The molecule has 3 nitrogen and oxygen atoms in total. The highest BCUT2D eigenvalue weighted by atomic mass is 35.5. The van der Waals surface area contributed by atoms with Gasteiger partial charge in [-0.15, -0.1) is 0 Å². The Morgan fingerprint density at radius 2 is 1.89 bits per heavy atom. The average molecular weight is 271 g/mol. The summed E-state index contributed by atoms with van der Waals surface area (Å²) in [6, 6.07) is 14.6. The number of nitrogens with one attached hydrogen (secondary N) is 2. The fourth-order valence-electron chi connectivity index (χ4n) is 2.02. The van der Waals surface area contributed by atoms with E-state index in [0.717, 1.165) is 10.9 Å². The van der Waals surface area contributed by atoms with E-state index in [1.54, 1.807) is 18.2 Å². The first kappa shape index (κ1) is 11.8. The minimum atomic E-state index is -0.148. The quantitative estimate of drug-likeness (QED) is 0.724. The molecule has 0 fully saturated rings. The molecule has 0 bridgehead atoms. The number of benzene rings is 2. The van der Waals surface area contributed by atoms with Gasteiger partial charge in [0, 0.05) is 27.7 Å². The second-order valence-electron chi connectivity index (χ2n) is 4.21. The smallest absolute Gasteiger partial charge is 0.255 e. The molecular weight excluding hydrogens is 260 g/mol. The molecule has 1 heterocycles. The lowest BCUT2D eigenvalue weighted by atomic mass is 10.2. The fourth-order valence-corrected chi connectivity index (χ4v) is 2.24. The van der Waals surface area contributed by atoms with Crippen LogP contribution in [0.4, 0.5) is 5.69 Å². The van der Waals surface area contributed by atoms with Crippen molar-refractivity contribution in [3.8, 4) is 0 Å². The first-order valence-corrected chi connectivity index (χ1v) is 6.25. The van der Waals surface area contributed by atoms with Gasteiger partial charge in [0.05, 0.1) is 5.69 Å². The number of aromatic nitrogens is 1. The molecule has 3 aromatic rings. The van der Waals surface area contributed by atoms with E-state index in [-0.39, 0.29) is 5.91 Å². The summed E-state index contributed by atoms with van der Waals surface area (Å²) in [6.07, 6.45) is 1.82. The summed E-state index contributed by atoms with van der Waals surface area (Å²) >= 11 is 6.04. The molecule has 0 aliphatic rings. The molecule has 19 heavy (non-hydrogen) atoms. The van der Waals surface area contributed by atoms with Crippen molar-refractivity contribution in [3.05, 3.63) is 65.3 Å². The van der Waals surface area contributed by atoms with Crippen LogP contribution in [0.5, 0.6) is 0 Å². The molecule has 4 heteroatoms. The number of hydrogen-bond donors (Lipinski definition) is 2. The highest BCUT2D eigenvalue weighted by Crippen LogP contribution is 2.27. The molecule has 2 N–H and O–H groups in total. The zero-order valence-corrected chi connectivity index (χ0v) is 10.7. The van der Waals surface area contributed by atoms with Crippen molar-refractivity contribution in [2.45, 2.75) is 0 Å². The third-order valence-electron chi connectivity index (χ3n) is 2.92. The zero-order chi connectivity index (χ0) is 13.2. The van der Waals surface area contributed by atoms with Crippen LogP contribution in [0, 0.1) is 0 Å². The van der Waals surface area contributed by atoms with Crippen molar-refractivity contribution in [1.29, 1.82) is 0 Å². The van der Waals surface area contributed by atoms with Crippen molar-refractivity contribution in [2.75, 3.05) is 5.32 Å². The Morgan fingerprint density at radius 1 is 1.11 bits per heavy atom. The average Bonchev–Trinajstić information content (AvgIpc) is 2.88. The van der Waals surface area contributed by atoms with Gasteiger partial charge in [-0.25, -0.2) is 0 Å². The minimum absolute atomic E-state index is 0.148. The maximum atomic E-state index is 12.1. The van der Waals surface area contributed by atoms with Crippen LogP contribution in [0.15, 0.2) is 54.7 Å². The number of aromatic amines is 1. The Kier molecular flexibility index (Phi) is 2.97. The number of anilines is 1. The van der Waals surface area contributed by atoms with Gasteiger partial charge in [0.15, 0.2) is 0 Å². The van der Waals surface area contributed by atoms with E-state index in [9.17, 15) is 4.79 Å². The van der Waals surface area contributed by atoms with E-state index in [1.807, 2.05) is 36.5 Å². The Hall–Kier alpha value is -2.26. The van der Waals surface area contributed by atoms with Gasteiger partial charge >= 0.3 is 0 Å². The van der Waals surface area contributed by atoms with Crippen LogP contribution < -0.4 is 5.32 Å². The number of fused-ring (bicyclic) bond motifs is 1. The van der Waals surface area contributed by atoms with Crippen molar-refractivity contribution in [3.63, 3.8) is 0 Å². The van der Waals surface area contributed by atoms with Gasteiger partial charge in [0.25, 0.3) is 5.91 Å². The van der Waals surface area contributed by atoms with Crippen LogP contribution in [-0.4, -0.2) is 10.9 Å². The number of rotatable bonds is 2. The first-order valence-electron chi connectivity index (χ1n) is 5.87. The number of H-pyrrole nitrogens is 1. The summed E-state index contributed by atoms with van der Waals surface area (Å²) < 4.78 is 0. The fraction of sp³-hybridized carbons (Fsp3) is 0. The van der Waals surface area contributed by atoms with Gasteiger partial charge in [0.2, 0.25) is 0 Å². The van der Waals surface area contributed by atoms with Gasteiger partial charge in [-0.2, -0.15) is 0 Å². The topological polar surface area (TPSA) is 44.9 Å². The third kappa shape index (κ3) is 2.33. The molecule has 94 valence electrons. The maximum Gasteiger partial charge on any atom is 0.255 e. The molecule has 0 atom stereocenters. The highest BCUT2D eigenvalue weighted by molar-refractivity contribution is 6.32. The molecule has 0 radical (unpaired) electrons. The molecule has 1 aromatic heterocycles. The largest absolute Gasteiger partial charge is 0.361 e. The molecule has 0 saturated heterocycles. The molecule has 3 rings (SSSR count). The predicted octanol–water partition coefficient (Wildman–Crippen LogP) is 4.07. The summed E-state index contributed by atoms with van der Waals surface area (Å²) in [4.78, 5) is 15.2.